The number of amides is 1. The van der Waals surface area contributed by atoms with Gasteiger partial charge in [-0.15, -0.1) is 0 Å². The van der Waals surface area contributed by atoms with Gasteiger partial charge in [0.25, 0.3) is 5.91 Å². The molecule has 20 heavy (non-hydrogen) atoms. The molecule has 1 rings (SSSR count). The summed E-state index contributed by atoms with van der Waals surface area (Å²) in [6.07, 6.45) is 0. The molecule has 0 heterocycles. The van der Waals surface area contributed by atoms with Crippen molar-refractivity contribution in [2.75, 3.05) is 7.11 Å². The first-order valence-electron chi connectivity index (χ1n) is 5.51. The molecule has 0 saturated carbocycles. The number of carbonyl (C=O) groups excluding carboxylic acids is 1. The lowest BCUT2D eigenvalue weighted by Crippen LogP contribution is -2.38. The lowest BCUT2D eigenvalue weighted by molar-refractivity contribution is -0.138. The fraction of sp³-hybridized carbons (Fsp3) is 0.333. The number of aliphatic carboxylic acids is 1. The third kappa shape index (κ3) is 4.08. The summed E-state index contributed by atoms with van der Waals surface area (Å²) < 4.78 is 33.7. The van der Waals surface area contributed by atoms with Crippen LogP contribution in [0.3, 0.4) is 0 Å². The fourth-order valence-electron chi connectivity index (χ4n) is 1.35. The Bertz CT molecular complexity index is 507. The highest BCUT2D eigenvalue weighted by atomic mass is 19.3. The normalized spacial score (nSPS) is 11.8. The molecule has 1 amide bonds. The summed E-state index contributed by atoms with van der Waals surface area (Å²) in [4.78, 5) is 22.5. The number of hydrogen-bond acceptors (Lipinski definition) is 4. The van der Waals surface area contributed by atoms with Gasteiger partial charge in [-0.2, -0.15) is 8.78 Å². The molecule has 6 nitrogen and oxygen atoms in total. The smallest absolute Gasteiger partial charge is 0.387 e. The molecule has 0 aromatic heterocycles. The summed E-state index contributed by atoms with van der Waals surface area (Å²) in [5.74, 6) is -2.25. The van der Waals surface area contributed by atoms with Crippen LogP contribution in [0.4, 0.5) is 8.78 Å². The van der Waals surface area contributed by atoms with Crippen molar-refractivity contribution >= 4 is 11.9 Å². The summed E-state index contributed by atoms with van der Waals surface area (Å²) in [6, 6.07) is 2.54. The molecule has 0 fully saturated rings. The molecule has 2 N–H and O–H groups in total. The van der Waals surface area contributed by atoms with Gasteiger partial charge in [0.1, 0.15) is 17.5 Å². The molecule has 110 valence electrons. The minimum atomic E-state index is -3.12. The van der Waals surface area contributed by atoms with Crippen molar-refractivity contribution < 1.29 is 33.0 Å². The average molecular weight is 289 g/mol. The molecule has 0 radical (unpaired) electrons. The first-order valence-corrected chi connectivity index (χ1v) is 5.51. The van der Waals surface area contributed by atoms with E-state index in [2.05, 4.69) is 10.1 Å². The zero-order valence-corrected chi connectivity index (χ0v) is 10.7. The van der Waals surface area contributed by atoms with Gasteiger partial charge >= 0.3 is 12.6 Å². The zero-order chi connectivity index (χ0) is 15.3. The standard InChI is InChI=1S/C12H13F2NO5/c1-6(11(17)18)15-10(16)8-4-3-7(19-2)5-9(8)20-12(13)14/h3-6,12H,1-2H3,(H,15,16)(H,17,18)/t6-/m0/s1. The van der Waals surface area contributed by atoms with Crippen LogP contribution in [-0.2, 0) is 4.79 Å². The Morgan fingerprint density at radius 3 is 2.50 bits per heavy atom. The molecule has 1 aromatic carbocycles. The van der Waals surface area contributed by atoms with Crippen molar-refractivity contribution in [1.29, 1.82) is 0 Å². The quantitative estimate of drug-likeness (QED) is 0.829. The second kappa shape index (κ2) is 6.69. The molecule has 0 aliphatic heterocycles. The Kier molecular flexibility index (Phi) is 5.24. The number of methoxy groups -OCH3 is 1. The molecule has 1 aromatic rings. The molecular weight excluding hydrogens is 276 g/mol. The lowest BCUT2D eigenvalue weighted by Gasteiger charge is -2.14. The number of alkyl halides is 2. The van der Waals surface area contributed by atoms with Crippen LogP contribution in [0.15, 0.2) is 18.2 Å². The van der Waals surface area contributed by atoms with E-state index < -0.39 is 30.3 Å². The Morgan fingerprint density at radius 2 is 2.00 bits per heavy atom. The van der Waals surface area contributed by atoms with Crippen molar-refractivity contribution in [2.24, 2.45) is 0 Å². The van der Waals surface area contributed by atoms with Crippen molar-refractivity contribution in [3.05, 3.63) is 23.8 Å². The zero-order valence-electron chi connectivity index (χ0n) is 10.7. The minimum Gasteiger partial charge on any atom is -0.497 e. The van der Waals surface area contributed by atoms with Gasteiger partial charge in [0.05, 0.1) is 12.7 Å². The molecule has 0 aliphatic carbocycles. The first kappa shape index (κ1) is 15.7. The average Bonchev–Trinajstić information content (AvgIpc) is 2.37. The molecule has 0 saturated heterocycles. The van der Waals surface area contributed by atoms with E-state index in [1.165, 1.54) is 26.2 Å². The van der Waals surface area contributed by atoms with E-state index in [1.807, 2.05) is 0 Å². The number of ether oxygens (including phenoxy) is 2. The number of carboxylic acid groups (broad SMARTS) is 1. The van der Waals surface area contributed by atoms with Crippen molar-refractivity contribution in [2.45, 2.75) is 19.6 Å². The van der Waals surface area contributed by atoms with E-state index in [4.69, 9.17) is 9.84 Å². The highest BCUT2D eigenvalue weighted by Gasteiger charge is 2.20. The van der Waals surface area contributed by atoms with Gasteiger partial charge < -0.3 is 19.9 Å². The SMILES string of the molecule is COc1ccc(C(=O)N[C@@H](C)C(=O)O)c(OC(F)F)c1. The number of rotatable bonds is 6. The van der Waals surface area contributed by atoms with Crippen LogP contribution in [-0.4, -0.2) is 36.7 Å². The number of halogens is 2. The molecular formula is C12H13F2NO5. The summed E-state index contributed by atoms with van der Waals surface area (Å²) in [6.45, 7) is -1.87. The maximum atomic E-state index is 12.3. The maximum absolute atomic E-state index is 12.3. The Morgan fingerprint density at radius 1 is 1.35 bits per heavy atom. The molecule has 0 unspecified atom stereocenters. The van der Waals surface area contributed by atoms with Crippen LogP contribution in [0.2, 0.25) is 0 Å². The third-order valence-electron chi connectivity index (χ3n) is 2.37. The third-order valence-corrected chi connectivity index (χ3v) is 2.37. The number of carbonyl (C=O) groups is 2. The number of carboxylic acids is 1. The van der Waals surface area contributed by atoms with Crippen LogP contribution in [0.5, 0.6) is 11.5 Å². The molecule has 0 aliphatic rings. The van der Waals surface area contributed by atoms with Gasteiger partial charge in [-0.05, 0) is 19.1 Å². The van der Waals surface area contributed by atoms with E-state index >= 15 is 0 Å². The van der Waals surface area contributed by atoms with Crippen LogP contribution >= 0.6 is 0 Å². The molecule has 0 bridgehead atoms. The predicted octanol–water partition coefficient (Wildman–Crippen LogP) is 1.50. The van der Waals surface area contributed by atoms with Crippen LogP contribution in [0, 0.1) is 0 Å². The number of nitrogens with one attached hydrogen (secondary N) is 1. The van der Waals surface area contributed by atoms with Crippen molar-refractivity contribution in [3.63, 3.8) is 0 Å². The molecule has 8 heteroatoms. The second-order valence-electron chi connectivity index (χ2n) is 3.77. The van der Waals surface area contributed by atoms with Crippen molar-refractivity contribution in [1.82, 2.24) is 5.32 Å². The minimum absolute atomic E-state index is 0.209. The highest BCUT2D eigenvalue weighted by Crippen LogP contribution is 2.26. The van der Waals surface area contributed by atoms with E-state index in [9.17, 15) is 18.4 Å². The summed E-state index contributed by atoms with van der Waals surface area (Å²) in [5, 5.41) is 10.8. The topological polar surface area (TPSA) is 84.9 Å². The van der Waals surface area contributed by atoms with Gasteiger partial charge in [0.2, 0.25) is 0 Å². The Balaban J connectivity index is 3.03. The lowest BCUT2D eigenvalue weighted by atomic mass is 10.1. The summed E-state index contributed by atoms with van der Waals surface area (Å²) in [5.41, 5.74) is -0.209. The van der Waals surface area contributed by atoms with E-state index in [-0.39, 0.29) is 11.3 Å². The van der Waals surface area contributed by atoms with Gasteiger partial charge in [0.15, 0.2) is 0 Å². The fourth-order valence-corrected chi connectivity index (χ4v) is 1.35. The summed E-state index contributed by atoms with van der Waals surface area (Å²) in [7, 11) is 1.33. The van der Waals surface area contributed by atoms with E-state index in [0.29, 0.717) is 0 Å². The second-order valence-corrected chi connectivity index (χ2v) is 3.77. The molecule has 1 atom stereocenters. The number of benzene rings is 1. The van der Waals surface area contributed by atoms with E-state index in [1.54, 1.807) is 0 Å². The van der Waals surface area contributed by atoms with Gasteiger partial charge in [-0.3, -0.25) is 9.59 Å². The van der Waals surface area contributed by atoms with Crippen LogP contribution in [0.25, 0.3) is 0 Å². The van der Waals surface area contributed by atoms with E-state index in [0.717, 1.165) is 6.07 Å². The predicted molar refractivity (Wildman–Crippen MR) is 64.2 cm³/mol. The number of hydrogen-bond donors (Lipinski definition) is 2. The Labute approximate surface area is 113 Å². The van der Waals surface area contributed by atoms with Gasteiger partial charge in [0, 0.05) is 6.07 Å². The van der Waals surface area contributed by atoms with Gasteiger partial charge in [-0.1, -0.05) is 0 Å². The summed E-state index contributed by atoms with van der Waals surface area (Å²) >= 11 is 0. The maximum Gasteiger partial charge on any atom is 0.387 e. The van der Waals surface area contributed by atoms with Crippen molar-refractivity contribution in [3.8, 4) is 11.5 Å². The largest absolute Gasteiger partial charge is 0.497 e. The molecule has 0 spiro atoms. The van der Waals surface area contributed by atoms with Crippen LogP contribution < -0.4 is 14.8 Å². The first-order chi connectivity index (χ1) is 9.35. The highest BCUT2D eigenvalue weighted by molar-refractivity contribution is 5.99. The van der Waals surface area contributed by atoms with Gasteiger partial charge in [-0.25, -0.2) is 0 Å². The van der Waals surface area contributed by atoms with Crippen LogP contribution in [0.1, 0.15) is 17.3 Å². The Hall–Kier alpha value is -2.38. The monoisotopic (exact) mass is 289 g/mol.